The first-order valence-electron chi connectivity index (χ1n) is 10.4. The van der Waals surface area contributed by atoms with Crippen molar-refractivity contribution in [3.8, 4) is 0 Å². The number of likely N-dealkylation sites (tertiary alicyclic amines) is 2. The van der Waals surface area contributed by atoms with Gasteiger partial charge in [-0.15, -0.1) is 0 Å². The molecular weight excluding hydrogens is 360 g/mol. The van der Waals surface area contributed by atoms with Gasteiger partial charge in [0.05, 0.1) is 0 Å². The van der Waals surface area contributed by atoms with Gasteiger partial charge in [-0.2, -0.15) is 0 Å². The van der Waals surface area contributed by atoms with Crippen molar-refractivity contribution in [1.82, 2.24) is 18.8 Å². The molecule has 1 aliphatic carbocycles. The molecule has 27 heavy (non-hydrogen) atoms. The molecule has 3 aliphatic rings. The molecule has 1 atom stereocenters. The minimum absolute atomic E-state index is 0.147. The van der Waals surface area contributed by atoms with Gasteiger partial charge in [0, 0.05) is 50.9 Å². The van der Waals surface area contributed by atoms with Crippen LogP contribution in [-0.4, -0.2) is 78.7 Å². The summed E-state index contributed by atoms with van der Waals surface area (Å²) in [5, 5.41) is 0. The van der Waals surface area contributed by atoms with E-state index in [1.807, 2.05) is 25.7 Å². The topological polar surface area (TPSA) is 48.0 Å². The Labute approximate surface area is 169 Å². The Bertz CT molecular complexity index is 507. The Morgan fingerprint density at radius 2 is 1.89 bits per heavy atom. The molecule has 2 heterocycles. The molecule has 0 bridgehead atoms. The number of hydrogen-bond acceptors (Lipinski definition) is 6. The fourth-order valence-corrected chi connectivity index (χ4v) is 5.31. The average molecular weight is 399 g/mol. The van der Waals surface area contributed by atoms with E-state index in [2.05, 4.69) is 28.0 Å². The molecule has 1 unspecified atom stereocenters. The first kappa shape index (κ1) is 21.2. The SMILES string of the molecule is CN(C)SNC1CCC2(CC1)CN(CC1CCN(C(=O)OC(C)(C)C)C1)C2. The van der Waals surface area contributed by atoms with Crippen LogP contribution in [0.1, 0.15) is 52.9 Å². The number of rotatable bonds is 5. The van der Waals surface area contributed by atoms with Crippen LogP contribution in [-0.2, 0) is 4.74 Å². The van der Waals surface area contributed by atoms with E-state index in [1.54, 1.807) is 12.1 Å². The van der Waals surface area contributed by atoms with E-state index in [0.717, 1.165) is 26.1 Å². The lowest BCUT2D eigenvalue weighted by Gasteiger charge is -2.54. The summed E-state index contributed by atoms with van der Waals surface area (Å²) in [6, 6.07) is 0.661. The van der Waals surface area contributed by atoms with Crippen molar-refractivity contribution in [3.05, 3.63) is 0 Å². The molecular formula is C20H38N4O2S. The lowest BCUT2D eigenvalue weighted by molar-refractivity contribution is -0.0394. The summed E-state index contributed by atoms with van der Waals surface area (Å²) >= 11 is 1.72. The molecule has 1 amide bonds. The van der Waals surface area contributed by atoms with Crippen molar-refractivity contribution in [2.75, 3.05) is 46.8 Å². The van der Waals surface area contributed by atoms with Crippen LogP contribution in [0.25, 0.3) is 0 Å². The molecule has 1 N–H and O–H groups in total. The molecule has 3 rings (SSSR count). The third-order valence-electron chi connectivity index (χ3n) is 6.02. The number of amides is 1. The summed E-state index contributed by atoms with van der Waals surface area (Å²) in [6.07, 6.45) is 6.26. The Kier molecular flexibility index (Phi) is 6.66. The Balaban J connectivity index is 1.34. The van der Waals surface area contributed by atoms with E-state index >= 15 is 0 Å². The number of hydrogen-bond donors (Lipinski definition) is 1. The summed E-state index contributed by atoms with van der Waals surface area (Å²) in [5.41, 5.74) is 0.169. The third kappa shape index (κ3) is 5.99. The van der Waals surface area contributed by atoms with Crippen LogP contribution in [0.2, 0.25) is 0 Å². The summed E-state index contributed by atoms with van der Waals surface area (Å²) in [5.74, 6) is 0.601. The molecule has 2 aliphatic heterocycles. The fourth-order valence-electron chi connectivity index (χ4n) is 4.71. The van der Waals surface area contributed by atoms with E-state index in [0.29, 0.717) is 17.4 Å². The normalized spacial score (nSPS) is 26.6. The van der Waals surface area contributed by atoms with Crippen LogP contribution in [0, 0.1) is 11.3 Å². The molecule has 156 valence electrons. The van der Waals surface area contributed by atoms with Gasteiger partial charge in [0.15, 0.2) is 0 Å². The zero-order chi connectivity index (χ0) is 19.7. The Morgan fingerprint density at radius 3 is 2.48 bits per heavy atom. The minimum Gasteiger partial charge on any atom is -0.444 e. The van der Waals surface area contributed by atoms with Crippen molar-refractivity contribution >= 4 is 18.2 Å². The Morgan fingerprint density at radius 1 is 1.22 bits per heavy atom. The van der Waals surface area contributed by atoms with Crippen LogP contribution in [0.3, 0.4) is 0 Å². The lowest BCUT2D eigenvalue weighted by atomic mass is 9.67. The van der Waals surface area contributed by atoms with Crippen molar-refractivity contribution in [3.63, 3.8) is 0 Å². The molecule has 3 fully saturated rings. The van der Waals surface area contributed by atoms with E-state index in [1.165, 1.54) is 38.8 Å². The lowest BCUT2D eigenvalue weighted by Crippen LogP contribution is -2.59. The predicted molar refractivity (Wildman–Crippen MR) is 111 cm³/mol. The first-order valence-corrected chi connectivity index (χ1v) is 11.2. The zero-order valence-corrected chi connectivity index (χ0v) is 18.6. The van der Waals surface area contributed by atoms with Crippen LogP contribution >= 0.6 is 12.1 Å². The van der Waals surface area contributed by atoms with Crippen molar-refractivity contribution in [2.24, 2.45) is 11.3 Å². The monoisotopic (exact) mass is 398 g/mol. The number of nitrogens with zero attached hydrogens (tertiary/aromatic N) is 3. The minimum atomic E-state index is -0.405. The predicted octanol–water partition coefficient (Wildman–Crippen LogP) is 3.20. The molecule has 1 saturated carbocycles. The van der Waals surface area contributed by atoms with E-state index < -0.39 is 5.60 Å². The largest absolute Gasteiger partial charge is 0.444 e. The molecule has 1 spiro atoms. The molecule has 0 radical (unpaired) electrons. The number of nitrogens with one attached hydrogen (secondary N) is 1. The summed E-state index contributed by atoms with van der Waals surface area (Å²) < 4.78 is 11.2. The van der Waals surface area contributed by atoms with Gasteiger partial charge in [-0.25, -0.2) is 13.8 Å². The van der Waals surface area contributed by atoms with Crippen molar-refractivity contribution in [1.29, 1.82) is 0 Å². The summed E-state index contributed by atoms with van der Waals surface area (Å²) in [4.78, 5) is 16.7. The smallest absolute Gasteiger partial charge is 0.410 e. The first-order chi connectivity index (χ1) is 12.6. The summed E-state index contributed by atoms with van der Waals surface area (Å²) in [7, 11) is 4.16. The molecule has 0 aromatic carbocycles. The van der Waals surface area contributed by atoms with E-state index in [-0.39, 0.29) is 6.09 Å². The highest BCUT2D eigenvalue weighted by Crippen LogP contribution is 2.44. The average Bonchev–Trinajstić information content (AvgIpc) is 3.00. The van der Waals surface area contributed by atoms with Crippen molar-refractivity contribution < 1.29 is 9.53 Å². The van der Waals surface area contributed by atoms with Crippen molar-refractivity contribution in [2.45, 2.75) is 64.5 Å². The van der Waals surface area contributed by atoms with Gasteiger partial charge in [-0.3, -0.25) is 0 Å². The molecule has 6 nitrogen and oxygen atoms in total. The van der Waals surface area contributed by atoms with Gasteiger partial charge in [0.2, 0.25) is 0 Å². The second-order valence-electron chi connectivity index (χ2n) is 10.0. The van der Waals surface area contributed by atoms with Crippen LogP contribution < -0.4 is 4.72 Å². The zero-order valence-electron chi connectivity index (χ0n) is 17.8. The van der Waals surface area contributed by atoms with E-state index in [4.69, 9.17) is 4.74 Å². The van der Waals surface area contributed by atoms with Crippen LogP contribution in [0.5, 0.6) is 0 Å². The van der Waals surface area contributed by atoms with Gasteiger partial charge in [0.25, 0.3) is 0 Å². The summed E-state index contributed by atoms with van der Waals surface area (Å²) in [6.45, 7) is 11.1. The highest BCUT2D eigenvalue weighted by molar-refractivity contribution is 7.95. The quantitative estimate of drug-likeness (QED) is 0.718. The molecule has 0 aromatic heterocycles. The fraction of sp³-hybridized carbons (Fsp3) is 0.950. The Hall–Kier alpha value is -0.500. The maximum absolute atomic E-state index is 12.2. The maximum atomic E-state index is 12.2. The highest BCUT2D eigenvalue weighted by atomic mass is 32.2. The van der Waals surface area contributed by atoms with Crippen LogP contribution in [0.15, 0.2) is 0 Å². The van der Waals surface area contributed by atoms with Gasteiger partial charge in [-0.1, -0.05) is 0 Å². The molecule has 7 heteroatoms. The number of carbonyl (C=O) groups excluding carboxylic acids is 1. The van der Waals surface area contributed by atoms with Gasteiger partial charge in [-0.05, 0) is 78.3 Å². The third-order valence-corrected chi connectivity index (χ3v) is 6.82. The number of carbonyl (C=O) groups is 1. The van der Waals surface area contributed by atoms with E-state index in [9.17, 15) is 4.79 Å². The van der Waals surface area contributed by atoms with Crippen LogP contribution in [0.4, 0.5) is 4.79 Å². The second-order valence-corrected chi connectivity index (χ2v) is 11.2. The van der Waals surface area contributed by atoms with Gasteiger partial charge < -0.3 is 14.5 Å². The van der Waals surface area contributed by atoms with Gasteiger partial charge >= 0.3 is 6.09 Å². The second kappa shape index (κ2) is 8.47. The molecule has 2 saturated heterocycles. The standard InChI is InChI=1S/C20H38N4O2S/c1-19(2,3)26-18(25)24-11-8-16(13-24)12-23-14-20(15-23)9-6-17(7-10-20)21-27-22(4)5/h16-17,21H,6-15H2,1-5H3. The number of ether oxygens (including phenoxy) is 1. The highest BCUT2D eigenvalue weighted by Gasteiger charge is 2.45. The molecule has 0 aromatic rings. The van der Waals surface area contributed by atoms with Gasteiger partial charge in [0.1, 0.15) is 5.60 Å². The maximum Gasteiger partial charge on any atom is 0.410 e.